The van der Waals surface area contributed by atoms with Crippen LogP contribution in [0.3, 0.4) is 0 Å². The third-order valence-corrected chi connectivity index (χ3v) is 13.2. The largest absolute Gasteiger partial charge is 0.394 e. The number of hydrogen-bond donors (Lipinski definition) is 4. The summed E-state index contributed by atoms with van der Waals surface area (Å²) >= 11 is 0. The third-order valence-electron chi connectivity index (χ3n) is 13.2. The first-order valence-corrected chi connectivity index (χ1v) is 28.1. The zero-order valence-electron chi connectivity index (χ0n) is 42.0. The van der Waals surface area contributed by atoms with Crippen molar-refractivity contribution in [3.8, 4) is 0 Å². The standard InChI is InChI=1S/C57H111NO4/c1-3-5-7-9-11-13-15-17-19-21-23-25-27-28-29-30-32-34-36-38-40-42-44-46-48-50-54(60)52-57(62)58-55(53-59)56(61)51-49-47-45-43-41-39-37-35-33-31-26-24-22-20-18-16-14-12-10-8-6-4-2/h28-29,49,51,54-56,59-61H,3-27,30-48,50,52-53H2,1-2H3,(H,58,62)/b29-28-,51-49+. The van der Waals surface area contributed by atoms with E-state index in [2.05, 4.69) is 31.3 Å². The smallest absolute Gasteiger partial charge is 0.222 e. The molecule has 0 saturated carbocycles. The molecule has 0 bridgehead atoms. The van der Waals surface area contributed by atoms with Gasteiger partial charge in [-0.2, -0.15) is 0 Å². The molecule has 0 saturated heterocycles. The van der Waals surface area contributed by atoms with Crippen LogP contribution in [0.4, 0.5) is 0 Å². The Morgan fingerprint density at radius 3 is 0.984 bits per heavy atom. The number of carbonyl (C=O) groups excluding carboxylic acids is 1. The summed E-state index contributed by atoms with van der Waals surface area (Å²) in [5.41, 5.74) is 0. The number of unbranched alkanes of at least 4 members (excludes halogenated alkanes) is 41. The van der Waals surface area contributed by atoms with Crippen molar-refractivity contribution in [1.82, 2.24) is 5.32 Å². The lowest BCUT2D eigenvalue weighted by molar-refractivity contribution is -0.124. The van der Waals surface area contributed by atoms with Gasteiger partial charge in [0.05, 0.1) is 31.3 Å². The minimum Gasteiger partial charge on any atom is -0.394 e. The fourth-order valence-corrected chi connectivity index (χ4v) is 8.93. The molecule has 0 aliphatic rings. The number of aliphatic hydroxyl groups is 3. The van der Waals surface area contributed by atoms with E-state index in [1.54, 1.807) is 6.08 Å². The molecule has 3 unspecified atom stereocenters. The van der Waals surface area contributed by atoms with E-state index in [0.717, 1.165) is 25.7 Å². The molecule has 368 valence electrons. The average molecular weight is 875 g/mol. The first-order chi connectivity index (χ1) is 30.5. The van der Waals surface area contributed by atoms with E-state index in [4.69, 9.17) is 0 Å². The average Bonchev–Trinajstić information content (AvgIpc) is 3.27. The first kappa shape index (κ1) is 60.8. The van der Waals surface area contributed by atoms with E-state index in [9.17, 15) is 20.1 Å². The normalized spacial score (nSPS) is 13.4. The first-order valence-electron chi connectivity index (χ1n) is 28.1. The fraction of sp³-hybridized carbons (Fsp3) is 0.912. The van der Waals surface area contributed by atoms with Crippen molar-refractivity contribution in [3.05, 3.63) is 24.3 Å². The highest BCUT2D eigenvalue weighted by Crippen LogP contribution is 2.17. The molecule has 0 radical (unpaired) electrons. The number of carbonyl (C=O) groups is 1. The van der Waals surface area contributed by atoms with Gasteiger partial charge >= 0.3 is 0 Å². The van der Waals surface area contributed by atoms with Crippen molar-refractivity contribution < 1.29 is 20.1 Å². The summed E-state index contributed by atoms with van der Waals surface area (Å²) in [6, 6.07) is -0.744. The summed E-state index contributed by atoms with van der Waals surface area (Å²) in [6.07, 6.45) is 66.5. The van der Waals surface area contributed by atoms with E-state index < -0.39 is 18.2 Å². The maximum atomic E-state index is 12.5. The molecule has 0 aromatic rings. The van der Waals surface area contributed by atoms with Crippen LogP contribution in [-0.2, 0) is 4.79 Å². The third kappa shape index (κ3) is 48.3. The van der Waals surface area contributed by atoms with Crippen molar-refractivity contribution in [1.29, 1.82) is 0 Å². The van der Waals surface area contributed by atoms with Crippen LogP contribution in [0.15, 0.2) is 24.3 Å². The predicted molar refractivity (Wildman–Crippen MR) is 273 cm³/mol. The van der Waals surface area contributed by atoms with Gasteiger partial charge in [-0.1, -0.05) is 282 Å². The van der Waals surface area contributed by atoms with Gasteiger partial charge in [0.25, 0.3) is 0 Å². The molecule has 0 aliphatic carbocycles. The number of aliphatic hydroxyl groups excluding tert-OH is 3. The Morgan fingerprint density at radius 2 is 0.677 bits per heavy atom. The van der Waals surface area contributed by atoms with Gasteiger partial charge in [0.2, 0.25) is 5.91 Å². The topological polar surface area (TPSA) is 89.8 Å². The zero-order valence-corrected chi connectivity index (χ0v) is 42.0. The molecule has 5 heteroatoms. The molecule has 0 aromatic carbocycles. The van der Waals surface area contributed by atoms with Gasteiger partial charge in [-0.25, -0.2) is 0 Å². The van der Waals surface area contributed by atoms with Crippen LogP contribution in [0, 0.1) is 0 Å². The minimum absolute atomic E-state index is 0.0148. The molecule has 0 aliphatic heterocycles. The zero-order chi connectivity index (χ0) is 45.1. The number of nitrogens with one attached hydrogen (secondary N) is 1. The Balaban J connectivity index is 3.57. The van der Waals surface area contributed by atoms with E-state index in [-0.39, 0.29) is 18.9 Å². The fourth-order valence-electron chi connectivity index (χ4n) is 8.93. The number of rotatable bonds is 52. The highest BCUT2D eigenvalue weighted by molar-refractivity contribution is 5.76. The van der Waals surface area contributed by atoms with E-state index in [1.165, 1.54) is 257 Å². The van der Waals surface area contributed by atoms with Gasteiger partial charge in [0.15, 0.2) is 0 Å². The van der Waals surface area contributed by atoms with Gasteiger partial charge in [-0.3, -0.25) is 4.79 Å². The van der Waals surface area contributed by atoms with E-state index in [1.807, 2.05) is 6.08 Å². The second-order valence-corrected chi connectivity index (χ2v) is 19.5. The molecule has 4 N–H and O–H groups in total. The highest BCUT2D eigenvalue weighted by Gasteiger charge is 2.20. The van der Waals surface area contributed by atoms with Gasteiger partial charge in [0, 0.05) is 0 Å². The van der Waals surface area contributed by atoms with Crippen molar-refractivity contribution in [2.75, 3.05) is 6.61 Å². The highest BCUT2D eigenvalue weighted by atomic mass is 16.3. The van der Waals surface area contributed by atoms with Crippen LogP contribution in [0.2, 0.25) is 0 Å². The van der Waals surface area contributed by atoms with E-state index in [0.29, 0.717) is 6.42 Å². The number of allylic oxidation sites excluding steroid dienone is 3. The molecule has 1 amide bonds. The summed E-state index contributed by atoms with van der Waals surface area (Å²) in [5.74, 6) is -0.312. The molecule has 0 aromatic heterocycles. The van der Waals surface area contributed by atoms with Crippen LogP contribution in [0.25, 0.3) is 0 Å². The molecule has 3 atom stereocenters. The lowest BCUT2D eigenvalue weighted by Crippen LogP contribution is -2.45. The second-order valence-electron chi connectivity index (χ2n) is 19.5. The van der Waals surface area contributed by atoms with Crippen LogP contribution < -0.4 is 5.32 Å². The molecule has 0 rings (SSSR count). The van der Waals surface area contributed by atoms with Gasteiger partial charge in [0.1, 0.15) is 0 Å². The predicted octanol–water partition coefficient (Wildman–Crippen LogP) is 17.3. The molecule has 0 spiro atoms. The van der Waals surface area contributed by atoms with Crippen molar-refractivity contribution in [3.63, 3.8) is 0 Å². The Bertz CT molecular complexity index is 920. The molecule has 62 heavy (non-hydrogen) atoms. The molecule has 0 fully saturated rings. The Morgan fingerprint density at radius 1 is 0.403 bits per heavy atom. The Hall–Kier alpha value is -1.17. The number of amides is 1. The number of hydrogen-bond acceptors (Lipinski definition) is 4. The quantitative estimate of drug-likeness (QED) is 0.0362. The lowest BCUT2D eigenvalue weighted by atomic mass is 10.0. The van der Waals surface area contributed by atoms with Crippen molar-refractivity contribution in [2.45, 2.75) is 327 Å². The van der Waals surface area contributed by atoms with Crippen LogP contribution in [-0.4, -0.2) is 46.1 Å². The maximum absolute atomic E-state index is 12.5. The second kappa shape index (κ2) is 52.5. The SMILES string of the molecule is CCCCCCCCCCCCCC/C=C\CCCCCCCCCCCC(O)CC(=O)NC(CO)C(O)/C=C/CCCCCCCCCCCCCCCCCCCCCC. The summed E-state index contributed by atoms with van der Waals surface area (Å²) < 4.78 is 0. The van der Waals surface area contributed by atoms with Gasteiger partial charge in [-0.15, -0.1) is 0 Å². The molecule has 5 nitrogen and oxygen atoms in total. The monoisotopic (exact) mass is 874 g/mol. The summed E-state index contributed by atoms with van der Waals surface area (Å²) in [6.45, 7) is 4.25. The molecular weight excluding hydrogens is 763 g/mol. The minimum atomic E-state index is -0.929. The summed E-state index contributed by atoms with van der Waals surface area (Å²) in [5, 5.41) is 33.5. The van der Waals surface area contributed by atoms with Crippen molar-refractivity contribution in [2.24, 2.45) is 0 Å². The maximum Gasteiger partial charge on any atom is 0.222 e. The van der Waals surface area contributed by atoms with Gasteiger partial charge < -0.3 is 20.6 Å². The van der Waals surface area contributed by atoms with Gasteiger partial charge in [-0.05, 0) is 44.9 Å². The lowest BCUT2D eigenvalue weighted by Gasteiger charge is -2.21. The van der Waals surface area contributed by atoms with Crippen molar-refractivity contribution >= 4 is 5.91 Å². The Kier molecular flexibility index (Phi) is 51.5. The Labute approximate surface area is 388 Å². The van der Waals surface area contributed by atoms with E-state index >= 15 is 0 Å². The molecular formula is C57H111NO4. The molecule has 0 heterocycles. The van der Waals surface area contributed by atoms with Crippen LogP contribution >= 0.6 is 0 Å². The summed E-state index contributed by atoms with van der Waals surface area (Å²) in [7, 11) is 0. The van der Waals surface area contributed by atoms with Crippen LogP contribution in [0.1, 0.15) is 309 Å². The summed E-state index contributed by atoms with van der Waals surface area (Å²) in [4.78, 5) is 12.5. The van der Waals surface area contributed by atoms with Crippen LogP contribution in [0.5, 0.6) is 0 Å².